The molecule has 1 N–H and O–H groups in total. The maximum Gasteiger partial charge on any atom is 0.274 e. The van der Waals surface area contributed by atoms with Crippen LogP contribution in [0.3, 0.4) is 0 Å². The zero-order valence-electron chi connectivity index (χ0n) is 9.30. The fourth-order valence-electron chi connectivity index (χ4n) is 2.10. The first-order valence-corrected chi connectivity index (χ1v) is 5.33. The van der Waals surface area contributed by atoms with Gasteiger partial charge in [0.1, 0.15) is 5.69 Å². The summed E-state index contributed by atoms with van der Waals surface area (Å²) in [5, 5.41) is 2.74. The molecule has 0 spiro atoms. The van der Waals surface area contributed by atoms with Crippen molar-refractivity contribution in [3.05, 3.63) is 52.2 Å². The average Bonchev–Trinajstić information content (AvgIpc) is 2.87. The third kappa shape index (κ3) is 1.32. The number of fused-ring (bicyclic) bond motifs is 1. The van der Waals surface area contributed by atoms with E-state index in [0.717, 1.165) is 5.69 Å². The molecule has 0 saturated carbocycles. The molecule has 5 nitrogen and oxygen atoms in total. The second kappa shape index (κ2) is 3.35. The Labute approximate surface area is 97.3 Å². The Balaban J connectivity index is 2.24. The highest BCUT2D eigenvalue weighted by molar-refractivity contribution is 5.98. The van der Waals surface area contributed by atoms with E-state index in [2.05, 4.69) is 5.32 Å². The molecule has 0 saturated heterocycles. The number of carbonyl (C=O) groups excluding carboxylic acids is 1. The molecule has 1 aliphatic heterocycles. The van der Waals surface area contributed by atoms with Crippen LogP contribution in [0.4, 0.5) is 0 Å². The summed E-state index contributed by atoms with van der Waals surface area (Å²) in [7, 11) is 1.71. The molecular formula is C12H11N3O2. The summed E-state index contributed by atoms with van der Waals surface area (Å²) >= 11 is 0. The first-order valence-electron chi connectivity index (χ1n) is 5.33. The topological polar surface area (TPSA) is 56.0 Å². The molecule has 0 fully saturated rings. The van der Waals surface area contributed by atoms with Crippen LogP contribution in [0.2, 0.25) is 0 Å². The Morgan fingerprint density at radius 1 is 1.24 bits per heavy atom. The smallest absolute Gasteiger partial charge is 0.274 e. The van der Waals surface area contributed by atoms with Gasteiger partial charge >= 0.3 is 0 Å². The normalized spacial score (nSPS) is 13.6. The molecule has 2 aromatic heterocycles. The minimum Gasteiger partial charge on any atom is -0.346 e. The van der Waals surface area contributed by atoms with Crippen LogP contribution in [-0.2, 0) is 13.6 Å². The molecule has 86 valence electrons. The maximum atomic E-state index is 12.0. The Hall–Kier alpha value is -2.30. The number of pyridine rings is 1. The summed E-state index contributed by atoms with van der Waals surface area (Å²) in [6, 6.07) is 5.31. The van der Waals surface area contributed by atoms with Crippen LogP contribution < -0.4 is 10.9 Å². The summed E-state index contributed by atoms with van der Waals surface area (Å²) in [6.07, 6.45) is 3.47. The number of nitrogens with one attached hydrogen (secondary N) is 1. The number of amides is 1. The minimum atomic E-state index is -0.0785. The molecule has 1 amide bonds. The fraction of sp³-hybridized carbons (Fsp3) is 0.167. The van der Waals surface area contributed by atoms with Crippen LogP contribution in [0.15, 0.2) is 35.4 Å². The molecule has 2 aromatic rings. The molecule has 5 heteroatoms. The number of hydrogen-bond donors (Lipinski definition) is 1. The quantitative estimate of drug-likeness (QED) is 0.770. The monoisotopic (exact) mass is 229 g/mol. The number of nitrogens with zero attached hydrogens (tertiary/aromatic N) is 2. The van der Waals surface area contributed by atoms with Crippen molar-refractivity contribution in [1.82, 2.24) is 14.5 Å². The third-order valence-corrected chi connectivity index (χ3v) is 3.02. The zero-order valence-corrected chi connectivity index (χ0v) is 9.30. The maximum absolute atomic E-state index is 12.0. The second-order valence-electron chi connectivity index (χ2n) is 4.04. The highest BCUT2D eigenvalue weighted by Crippen LogP contribution is 2.19. The number of aryl methyl sites for hydroxylation is 1. The predicted octanol–water partition coefficient (Wildman–Crippen LogP) is 0.419. The predicted molar refractivity (Wildman–Crippen MR) is 62.2 cm³/mol. The first-order chi connectivity index (χ1) is 8.18. The highest BCUT2D eigenvalue weighted by Gasteiger charge is 2.23. The molecule has 0 atom stereocenters. The van der Waals surface area contributed by atoms with Gasteiger partial charge in [-0.3, -0.25) is 9.59 Å². The molecule has 3 rings (SSSR count). The molecule has 17 heavy (non-hydrogen) atoms. The van der Waals surface area contributed by atoms with Gasteiger partial charge in [0.2, 0.25) is 0 Å². The Morgan fingerprint density at radius 2 is 2.06 bits per heavy atom. The van der Waals surface area contributed by atoms with Crippen molar-refractivity contribution in [3.8, 4) is 5.69 Å². The van der Waals surface area contributed by atoms with Gasteiger partial charge in [-0.15, -0.1) is 0 Å². The lowest BCUT2D eigenvalue weighted by Gasteiger charge is -2.07. The largest absolute Gasteiger partial charge is 0.346 e. The van der Waals surface area contributed by atoms with Crippen LogP contribution in [0.25, 0.3) is 5.69 Å². The Morgan fingerprint density at radius 3 is 2.88 bits per heavy atom. The third-order valence-electron chi connectivity index (χ3n) is 3.02. The number of carbonyl (C=O) groups is 1. The van der Waals surface area contributed by atoms with Gasteiger partial charge in [0, 0.05) is 19.4 Å². The minimum absolute atomic E-state index is 0.0773. The molecule has 0 aromatic carbocycles. The number of rotatable bonds is 1. The van der Waals surface area contributed by atoms with E-state index in [-0.39, 0.29) is 11.5 Å². The van der Waals surface area contributed by atoms with E-state index in [0.29, 0.717) is 17.8 Å². The fourth-order valence-corrected chi connectivity index (χ4v) is 2.10. The van der Waals surface area contributed by atoms with Gasteiger partial charge in [0.05, 0.1) is 17.8 Å². The Bertz CT molecular complexity index is 667. The lowest BCUT2D eigenvalue weighted by Crippen LogP contribution is -2.21. The molecular weight excluding hydrogens is 218 g/mol. The van der Waals surface area contributed by atoms with Crippen LogP contribution in [0.1, 0.15) is 16.1 Å². The molecule has 0 radical (unpaired) electrons. The Kier molecular flexibility index (Phi) is 1.95. The van der Waals surface area contributed by atoms with Crippen LogP contribution in [-0.4, -0.2) is 15.0 Å². The summed E-state index contributed by atoms with van der Waals surface area (Å²) in [5.74, 6) is -0.0773. The van der Waals surface area contributed by atoms with E-state index in [9.17, 15) is 9.59 Å². The van der Waals surface area contributed by atoms with Gasteiger partial charge in [-0.05, 0) is 18.2 Å². The van der Waals surface area contributed by atoms with Gasteiger partial charge in [-0.2, -0.15) is 0 Å². The molecule has 0 bridgehead atoms. The van der Waals surface area contributed by atoms with Crippen molar-refractivity contribution in [3.63, 3.8) is 0 Å². The summed E-state index contributed by atoms with van der Waals surface area (Å²) in [5.41, 5.74) is 1.98. The first kappa shape index (κ1) is 9.89. The lowest BCUT2D eigenvalue weighted by atomic mass is 10.3. The van der Waals surface area contributed by atoms with Gasteiger partial charge in [-0.25, -0.2) is 0 Å². The zero-order chi connectivity index (χ0) is 12.0. The van der Waals surface area contributed by atoms with Crippen LogP contribution in [0.5, 0.6) is 0 Å². The van der Waals surface area contributed by atoms with E-state index < -0.39 is 0 Å². The van der Waals surface area contributed by atoms with Crippen molar-refractivity contribution in [2.75, 3.05) is 0 Å². The second-order valence-corrected chi connectivity index (χ2v) is 4.04. The average molecular weight is 229 g/mol. The van der Waals surface area contributed by atoms with Gasteiger partial charge in [-0.1, -0.05) is 0 Å². The molecule has 1 aliphatic rings. The molecule has 3 heterocycles. The van der Waals surface area contributed by atoms with Crippen molar-refractivity contribution in [2.45, 2.75) is 6.54 Å². The van der Waals surface area contributed by atoms with Crippen molar-refractivity contribution < 1.29 is 4.79 Å². The van der Waals surface area contributed by atoms with Gasteiger partial charge < -0.3 is 14.5 Å². The van der Waals surface area contributed by atoms with E-state index in [1.54, 1.807) is 36.1 Å². The van der Waals surface area contributed by atoms with E-state index in [1.165, 1.54) is 4.57 Å². The molecule has 0 aliphatic carbocycles. The summed E-state index contributed by atoms with van der Waals surface area (Å²) < 4.78 is 3.29. The molecule has 0 unspecified atom stereocenters. The number of aromatic nitrogens is 2. The van der Waals surface area contributed by atoms with E-state index >= 15 is 0 Å². The summed E-state index contributed by atoms with van der Waals surface area (Å²) in [4.78, 5) is 23.4. The van der Waals surface area contributed by atoms with Crippen molar-refractivity contribution in [1.29, 1.82) is 0 Å². The standard InChI is InChI=1S/C12H11N3O2/c1-14-5-2-3-9(12(14)17)15-6-4-8-10(15)7-13-11(8)16/h2-6H,7H2,1H3,(H,13,16). The number of hydrogen-bond acceptors (Lipinski definition) is 2. The van der Waals surface area contributed by atoms with Crippen molar-refractivity contribution in [2.24, 2.45) is 7.05 Å². The SMILES string of the molecule is Cn1cccc(-n2ccc3c2CNC3=O)c1=O. The summed E-state index contributed by atoms with van der Waals surface area (Å²) in [6.45, 7) is 0.471. The van der Waals surface area contributed by atoms with Gasteiger partial charge in [0.25, 0.3) is 11.5 Å². The van der Waals surface area contributed by atoms with Gasteiger partial charge in [0.15, 0.2) is 0 Å². The van der Waals surface area contributed by atoms with Crippen LogP contribution in [0, 0.1) is 0 Å². The van der Waals surface area contributed by atoms with Crippen molar-refractivity contribution >= 4 is 5.91 Å². The van der Waals surface area contributed by atoms with Crippen LogP contribution >= 0.6 is 0 Å². The highest BCUT2D eigenvalue weighted by atomic mass is 16.2. The van der Waals surface area contributed by atoms with E-state index in [1.807, 2.05) is 6.07 Å². The lowest BCUT2D eigenvalue weighted by molar-refractivity contribution is 0.0965. The van der Waals surface area contributed by atoms with E-state index in [4.69, 9.17) is 0 Å².